The van der Waals surface area contributed by atoms with Crippen LogP contribution in [-0.4, -0.2) is 32.8 Å². The molecule has 1 aromatic heterocycles. The molecule has 0 atom stereocenters. The molecule has 0 aliphatic heterocycles. The van der Waals surface area contributed by atoms with E-state index < -0.39 is 7.82 Å². The summed E-state index contributed by atoms with van der Waals surface area (Å²) >= 11 is 0. The van der Waals surface area contributed by atoms with Crippen LogP contribution in [0.25, 0.3) is 0 Å². The van der Waals surface area contributed by atoms with Crippen LogP contribution in [-0.2, 0) is 9.01 Å². The zero-order chi connectivity index (χ0) is 12.1. The minimum absolute atomic E-state index is 0.0417. The maximum atomic E-state index is 9.35. The molecular weight excluding hydrogens is 226 g/mol. The number of nitrogens with zero attached hydrogens (tertiary/aromatic N) is 3. The largest absolute Gasteiger partial charge is 0.454 e. The van der Waals surface area contributed by atoms with Crippen molar-refractivity contribution < 1.29 is 18.8 Å². The molecule has 15 heavy (non-hydrogen) atoms. The van der Waals surface area contributed by atoms with Crippen LogP contribution >= 0.6 is 7.82 Å². The summed E-state index contributed by atoms with van der Waals surface area (Å²) in [6.45, 7) is 0. The molecule has 0 aliphatic carbocycles. The van der Waals surface area contributed by atoms with Crippen LogP contribution in [0.5, 0.6) is 0 Å². The molecule has 1 heterocycles. The average Bonchev–Trinajstić information content (AvgIpc) is 2.01. The second kappa shape index (κ2) is 5.46. The summed E-state index contributed by atoms with van der Waals surface area (Å²) in [7, 11) is -0.326. The van der Waals surface area contributed by atoms with Gasteiger partial charge in [0.05, 0.1) is 0 Å². The van der Waals surface area contributed by atoms with Crippen molar-refractivity contribution in [1.82, 2.24) is 15.0 Å². The van der Waals surface area contributed by atoms with Crippen molar-refractivity contribution in [2.24, 2.45) is 0 Å². The Morgan fingerprint density at radius 1 is 1.07 bits per heavy atom. The summed E-state index contributed by atoms with van der Waals surface area (Å²) in [6.07, 6.45) is 0. The highest BCUT2D eigenvalue weighted by atomic mass is 31.2. The molecule has 0 saturated heterocycles. The fourth-order valence-corrected chi connectivity index (χ4v) is 0.427. The molecule has 0 saturated carbocycles. The second-order valence-corrected chi connectivity index (χ2v) is 3.20. The van der Waals surface area contributed by atoms with Gasteiger partial charge in [0.2, 0.25) is 17.8 Å². The standard InChI is InChI=1S/C3H6N6.BH2O4P/c4-1-7-2(5)9-3(6)8-1;1-5-6(2,3)4/h(H6,4,5,6,7,8,9);(H2,2,3,4). The fraction of sp³-hybridized carbons (Fsp3) is 0. The van der Waals surface area contributed by atoms with E-state index in [0.717, 1.165) is 0 Å². The predicted molar refractivity (Wildman–Crippen MR) is 51.9 cm³/mol. The molecule has 0 bridgehead atoms. The van der Waals surface area contributed by atoms with Gasteiger partial charge >= 0.3 is 7.82 Å². The minimum Gasteiger partial charge on any atom is -0.368 e. The molecule has 0 fully saturated rings. The molecule has 0 spiro atoms. The summed E-state index contributed by atoms with van der Waals surface area (Å²) in [6, 6.07) is 0. The molecule has 10 nitrogen and oxygen atoms in total. The van der Waals surface area contributed by atoms with Crippen LogP contribution in [0.3, 0.4) is 0 Å². The van der Waals surface area contributed by atoms with E-state index in [2.05, 4.69) is 27.4 Å². The Kier molecular flexibility index (Phi) is 4.95. The van der Waals surface area contributed by atoms with Gasteiger partial charge in [0, 0.05) is 0 Å². The lowest BCUT2D eigenvalue weighted by atomic mass is 10.6. The van der Waals surface area contributed by atoms with Gasteiger partial charge in [-0.2, -0.15) is 15.0 Å². The topological polar surface area (TPSA) is 183 Å². The highest BCUT2D eigenvalue weighted by molar-refractivity contribution is 7.47. The Hall–Kier alpha value is -1.42. The number of rotatable bonds is 1. The summed E-state index contributed by atoms with van der Waals surface area (Å²) in [4.78, 5) is 25.6. The summed E-state index contributed by atoms with van der Waals surface area (Å²) in [5, 5.41) is 0. The summed E-state index contributed by atoms with van der Waals surface area (Å²) in [5.74, 6) is 0.125. The Morgan fingerprint density at radius 3 is 1.40 bits per heavy atom. The van der Waals surface area contributed by atoms with Crippen molar-refractivity contribution in [3.8, 4) is 0 Å². The number of phosphoric acid groups is 1. The van der Waals surface area contributed by atoms with E-state index in [1.165, 1.54) is 0 Å². The van der Waals surface area contributed by atoms with Gasteiger partial charge in [0.25, 0.3) is 8.05 Å². The van der Waals surface area contributed by atoms with Crippen LogP contribution in [0.15, 0.2) is 0 Å². The maximum Gasteiger partial charge on any atom is 0.454 e. The van der Waals surface area contributed by atoms with Gasteiger partial charge in [-0.25, -0.2) is 4.57 Å². The fourth-order valence-electron chi connectivity index (χ4n) is 0.427. The first-order valence-electron chi connectivity index (χ1n) is 3.21. The lowest BCUT2D eigenvalue weighted by Gasteiger charge is -1.94. The smallest absolute Gasteiger partial charge is 0.368 e. The van der Waals surface area contributed by atoms with Gasteiger partial charge in [-0.3, -0.25) is 0 Å². The van der Waals surface area contributed by atoms with Crippen molar-refractivity contribution in [1.29, 1.82) is 0 Å². The van der Waals surface area contributed by atoms with Crippen LogP contribution in [0, 0.1) is 0 Å². The van der Waals surface area contributed by atoms with Gasteiger partial charge in [-0.05, 0) is 0 Å². The van der Waals surface area contributed by atoms with E-state index in [4.69, 9.17) is 27.0 Å². The summed E-state index contributed by atoms with van der Waals surface area (Å²) in [5.41, 5.74) is 15.4. The highest BCUT2D eigenvalue weighted by Crippen LogP contribution is 2.33. The molecule has 1 rings (SSSR count). The first kappa shape index (κ1) is 13.6. The average molecular weight is 234 g/mol. The third-order valence-electron chi connectivity index (χ3n) is 0.825. The van der Waals surface area contributed by atoms with Gasteiger partial charge in [-0.1, -0.05) is 0 Å². The molecule has 0 unspecified atom stereocenters. The first-order chi connectivity index (χ1) is 6.74. The van der Waals surface area contributed by atoms with Crippen molar-refractivity contribution in [3.05, 3.63) is 0 Å². The van der Waals surface area contributed by atoms with Crippen LogP contribution in [0.1, 0.15) is 0 Å². The number of nitrogen functional groups attached to an aromatic ring is 3. The van der Waals surface area contributed by atoms with Gasteiger partial charge in [0.1, 0.15) is 0 Å². The maximum absolute atomic E-state index is 9.35. The van der Waals surface area contributed by atoms with E-state index >= 15 is 0 Å². The number of nitrogens with two attached hydrogens (primary N) is 3. The molecule has 0 amide bonds. The van der Waals surface area contributed by atoms with Gasteiger partial charge < -0.3 is 31.4 Å². The normalized spacial score (nSPS) is 10.3. The molecule has 2 radical (unpaired) electrons. The number of anilines is 3. The number of hydrogen-bond acceptors (Lipinski definition) is 8. The van der Waals surface area contributed by atoms with Crippen LogP contribution < -0.4 is 17.2 Å². The molecule has 82 valence electrons. The number of hydrogen-bond donors (Lipinski definition) is 5. The van der Waals surface area contributed by atoms with Crippen LogP contribution in [0.4, 0.5) is 17.8 Å². The molecule has 0 aromatic carbocycles. The molecule has 12 heteroatoms. The van der Waals surface area contributed by atoms with E-state index in [1.54, 1.807) is 0 Å². The van der Waals surface area contributed by atoms with E-state index in [9.17, 15) is 4.57 Å². The Bertz CT molecular complexity index is 319. The van der Waals surface area contributed by atoms with Gasteiger partial charge in [0.15, 0.2) is 0 Å². The monoisotopic (exact) mass is 234 g/mol. The molecule has 0 aliphatic rings. The van der Waals surface area contributed by atoms with E-state index in [1.807, 2.05) is 0 Å². The molecule has 8 N–H and O–H groups in total. The third-order valence-corrected chi connectivity index (χ3v) is 1.10. The Labute approximate surface area is 85.6 Å². The third kappa shape index (κ3) is 7.64. The SMILES string of the molecule is Nc1nc(N)nc(N)n1.[B]OP(=O)(O)O. The predicted octanol–water partition coefficient (Wildman–Crippen LogP) is -2.20. The van der Waals surface area contributed by atoms with E-state index in [-0.39, 0.29) is 17.8 Å². The highest BCUT2D eigenvalue weighted by Gasteiger charge is 2.06. The summed E-state index contributed by atoms with van der Waals surface area (Å²) < 4.78 is 12.5. The van der Waals surface area contributed by atoms with Crippen LogP contribution in [0.2, 0.25) is 0 Å². The first-order valence-corrected chi connectivity index (χ1v) is 4.74. The van der Waals surface area contributed by atoms with E-state index in [0.29, 0.717) is 0 Å². The lowest BCUT2D eigenvalue weighted by Crippen LogP contribution is -2.05. The van der Waals surface area contributed by atoms with Crippen molar-refractivity contribution in [2.45, 2.75) is 0 Å². The quantitative estimate of drug-likeness (QED) is 0.263. The minimum atomic E-state index is -4.37. The van der Waals surface area contributed by atoms with Crippen molar-refractivity contribution in [2.75, 3.05) is 17.2 Å². The second-order valence-electron chi connectivity index (χ2n) is 2.01. The number of aromatic nitrogens is 3. The zero-order valence-electron chi connectivity index (χ0n) is 7.31. The Morgan fingerprint density at radius 2 is 1.27 bits per heavy atom. The molecule has 1 aromatic rings. The lowest BCUT2D eigenvalue weighted by molar-refractivity contribution is 0.292. The zero-order valence-corrected chi connectivity index (χ0v) is 8.20. The Balaban J connectivity index is 0.000000288. The molecular formula is C3H8BN6O4P. The van der Waals surface area contributed by atoms with Crippen molar-refractivity contribution in [3.63, 3.8) is 0 Å². The van der Waals surface area contributed by atoms with Crippen molar-refractivity contribution >= 4 is 33.7 Å². The van der Waals surface area contributed by atoms with Gasteiger partial charge in [-0.15, -0.1) is 0 Å².